The molecule has 1 aliphatic heterocycles. The van der Waals surface area contributed by atoms with Crippen LogP contribution in [0.3, 0.4) is 0 Å². The van der Waals surface area contributed by atoms with Gasteiger partial charge in [-0.2, -0.15) is 0 Å². The van der Waals surface area contributed by atoms with Crippen LogP contribution in [0.25, 0.3) is 0 Å². The number of anilines is 1. The Hall–Kier alpha value is -3.55. The first-order valence-electron chi connectivity index (χ1n) is 8.74. The Morgan fingerprint density at radius 2 is 1.36 bits per heavy atom. The van der Waals surface area contributed by atoms with Gasteiger partial charge in [-0.05, 0) is 55.5 Å². The molecule has 8 heteroatoms. The third-order valence-corrected chi connectivity index (χ3v) is 4.10. The Morgan fingerprint density at radius 1 is 0.786 bits per heavy atom. The van der Waals surface area contributed by atoms with Crippen molar-refractivity contribution in [1.29, 1.82) is 0 Å². The van der Waals surface area contributed by atoms with Crippen molar-refractivity contribution in [3.8, 4) is 17.2 Å². The molecule has 0 spiro atoms. The lowest BCUT2D eigenvalue weighted by Gasteiger charge is -2.16. The molecule has 1 aliphatic rings. The first-order chi connectivity index (χ1) is 13.5. The highest BCUT2D eigenvalue weighted by molar-refractivity contribution is 6.52. The summed E-state index contributed by atoms with van der Waals surface area (Å²) in [5.74, 6) is 0.100. The van der Waals surface area contributed by atoms with Crippen LogP contribution in [0.15, 0.2) is 48.5 Å². The number of hydrogen-bond acceptors (Lipinski definition) is 6. The first kappa shape index (κ1) is 19.2. The Kier molecular flexibility index (Phi) is 5.78. The monoisotopic (exact) mass is 384 g/mol. The van der Waals surface area contributed by atoms with Crippen molar-refractivity contribution in [3.05, 3.63) is 48.5 Å². The molecule has 28 heavy (non-hydrogen) atoms. The summed E-state index contributed by atoms with van der Waals surface area (Å²) in [6, 6.07) is 12.6. The molecule has 1 saturated heterocycles. The van der Waals surface area contributed by atoms with Crippen molar-refractivity contribution >= 4 is 23.5 Å². The van der Waals surface area contributed by atoms with E-state index < -0.39 is 17.8 Å². The van der Waals surface area contributed by atoms with E-state index in [2.05, 4.69) is 0 Å². The molecule has 0 N–H and O–H groups in total. The fourth-order valence-corrected chi connectivity index (χ4v) is 2.72. The molecule has 0 radical (unpaired) electrons. The molecule has 0 saturated carbocycles. The molecule has 0 aromatic heterocycles. The van der Waals surface area contributed by atoms with Gasteiger partial charge >= 0.3 is 17.8 Å². The van der Waals surface area contributed by atoms with Gasteiger partial charge in [-0.1, -0.05) is 0 Å². The van der Waals surface area contributed by atoms with E-state index in [0.717, 1.165) is 15.5 Å². The number of hydrogen-bond donors (Lipinski definition) is 0. The number of rotatable bonds is 8. The van der Waals surface area contributed by atoms with Crippen LogP contribution in [0.5, 0.6) is 17.2 Å². The number of amides is 4. The molecule has 1 fully saturated rings. The Labute approximate surface area is 162 Å². The minimum absolute atomic E-state index is 0.0384. The van der Waals surface area contributed by atoms with Gasteiger partial charge < -0.3 is 14.2 Å². The number of methoxy groups -OCH3 is 1. The van der Waals surface area contributed by atoms with Gasteiger partial charge in [0, 0.05) is 0 Å². The summed E-state index contributed by atoms with van der Waals surface area (Å²) in [7, 11) is 1.51. The second-order valence-corrected chi connectivity index (χ2v) is 5.83. The van der Waals surface area contributed by atoms with E-state index in [1.54, 1.807) is 48.5 Å². The molecular formula is C20H20N2O6. The molecule has 0 bridgehead atoms. The third kappa shape index (κ3) is 3.90. The molecule has 3 rings (SSSR count). The Morgan fingerprint density at radius 3 is 1.93 bits per heavy atom. The molecule has 2 aromatic rings. The zero-order valence-corrected chi connectivity index (χ0v) is 15.6. The molecular weight excluding hydrogens is 364 g/mol. The van der Waals surface area contributed by atoms with Crippen molar-refractivity contribution < 1.29 is 28.6 Å². The highest BCUT2D eigenvalue weighted by Gasteiger charge is 2.45. The summed E-state index contributed by atoms with van der Waals surface area (Å²) in [5.41, 5.74) is 0.305. The van der Waals surface area contributed by atoms with Crippen molar-refractivity contribution in [2.45, 2.75) is 6.92 Å². The molecule has 2 aromatic carbocycles. The number of benzene rings is 2. The first-order valence-corrected chi connectivity index (χ1v) is 8.74. The van der Waals surface area contributed by atoms with E-state index in [4.69, 9.17) is 14.2 Å². The molecule has 8 nitrogen and oxygen atoms in total. The topological polar surface area (TPSA) is 85.4 Å². The molecule has 146 valence electrons. The number of nitrogens with zero attached hydrogens (tertiary/aromatic N) is 2. The molecule has 0 aliphatic carbocycles. The van der Waals surface area contributed by atoms with Crippen LogP contribution in [0, 0.1) is 0 Å². The van der Waals surface area contributed by atoms with Gasteiger partial charge in [0.25, 0.3) is 0 Å². The molecule has 4 amide bonds. The van der Waals surface area contributed by atoms with E-state index in [1.165, 1.54) is 7.11 Å². The second-order valence-electron chi connectivity index (χ2n) is 5.83. The lowest BCUT2D eigenvalue weighted by molar-refractivity contribution is -0.139. The quantitative estimate of drug-likeness (QED) is 0.513. The number of imide groups is 2. The summed E-state index contributed by atoms with van der Waals surface area (Å²) < 4.78 is 16.0. The molecule has 1 heterocycles. The largest absolute Gasteiger partial charge is 0.497 e. The normalized spacial score (nSPS) is 13.9. The third-order valence-electron chi connectivity index (χ3n) is 4.10. The van der Waals surface area contributed by atoms with E-state index in [-0.39, 0.29) is 13.2 Å². The highest BCUT2D eigenvalue weighted by Crippen LogP contribution is 2.24. The zero-order chi connectivity index (χ0) is 20.1. The Bertz CT molecular complexity index is 863. The van der Waals surface area contributed by atoms with E-state index in [1.807, 2.05) is 6.92 Å². The van der Waals surface area contributed by atoms with Gasteiger partial charge in [0.05, 0.1) is 25.9 Å². The van der Waals surface area contributed by atoms with Crippen LogP contribution in [0.2, 0.25) is 0 Å². The van der Waals surface area contributed by atoms with Crippen LogP contribution >= 0.6 is 0 Å². The SMILES string of the molecule is CCOc1ccc(OCCN2C(=O)C(=O)N(c3ccc(OC)cc3)C2=O)cc1. The summed E-state index contributed by atoms with van der Waals surface area (Å²) >= 11 is 0. The number of urea groups is 1. The van der Waals surface area contributed by atoms with E-state index in [0.29, 0.717) is 23.8 Å². The lowest BCUT2D eigenvalue weighted by atomic mass is 10.3. The van der Waals surface area contributed by atoms with Crippen LogP contribution in [0.1, 0.15) is 6.92 Å². The van der Waals surface area contributed by atoms with Gasteiger partial charge in [-0.3, -0.25) is 14.5 Å². The number of carbonyl (C=O) groups excluding carboxylic acids is 3. The predicted octanol–water partition coefficient (Wildman–Crippen LogP) is 2.47. The second kappa shape index (κ2) is 8.43. The van der Waals surface area contributed by atoms with Crippen molar-refractivity contribution in [1.82, 2.24) is 4.90 Å². The van der Waals surface area contributed by atoms with Crippen molar-refractivity contribution in [2.24, 2.45) is 0 Å². The van der Waals surface area contributed by atoms with Crippen molar-refractivity contribution in [2.75, 3.05) is 31.8 Å². The van der Waals surface area contributed by atoms with Crippen molar-refractivity contribution in [3.63, 3.8) is 0 Å². The number of ether oxygens (including phenoxy) is 3. The maximum atomic E-state index is 12.5. The minimum atomic E-state index is -0.892. The summed E-state index contributed by atoms with van der Waals surface area (Å²) in [4.78, 5) is 38.7. The van der Waals surface area contributed by atoms with Crippen LogP contribution in [-0.2, 0) is 9.59 Å². The van der Waals surface area contributed by atoms with E-state index >= 15 is 0 Å². The van der Waals surface area contributed by atoms with Gasteiger partial charge in [0.15, 0.2) is 0 Å². The molecule has 0 atom stereocenters. The maximum absolute atomic E-state index is 12.5. The van der Waals surface area contributed by atoms with E-state index in [9.17, 15) is 14.4 Å². The van der Waals surface area contributed by atoms with Gasteiger partial charge in [0.1, 0.15) is 23.9 Å². The van der Waals surface area contributed by atoms with Gasteiger partial charge in [0.2, 0.25) is 0 Å². The fraction of sp³-hybridized carbons (Fsp3) is 0.250. The van der Waals surface area contributed by atoms with Gasteiger partial charge in [-0.15, -0.1) is 0 Å². The average molecular weight is 384 g/mol. The average Bonchev–Trinajstić information content (AvgIpc) is 2.93. The summed E-state index contributed by atoms with van der Waals surface area (Å²) in [6.45, 7) is 2.49. The summed E-state index contributed by atoms with van der Waals surface area (Å²) in [6.07, 6.45) is 0. The molecule has 0 unspecified atom stereocenters. The lowest BCUT2D eigenvalue weighted by Crippen LogP contribution is -2.36. The maximum Gasteiger partial charge on any atom is 0.339 e. The Balaban J connectivity index is 1.61. The highest BCUT2D eigenvalue weighted by atomic mass is 16.5. The van der Waals surface area contributed by atoms with Gasteiger partial charge in [-0.25, -0.2) is 9.69 Å². The van der Waals surface area contributed by atoms with Crippen LogP contribution in [0.4, 0.5) is 10.5 Å². The van der Waals surface area contributed by atoms with Crippen LogP contribution < -0.4 is 19.1 Å². The minimum Gasteiger partial charge on any atom is -0.497 e. The standard InChI is InChI=1S/C20H20N2O6/c1-3-27-16-8-10-17(11-9-16)28-13-12-21-18(23)19(24)22(20(21)25)14-4-6-15(26-2)7-5-14/h4-11H,3,12-13H2,1-2H3. The zero-order valence-electron chi connectivity index (χ0n) is 15.6. The predicted molar refractivity (Wildman–Crippen MR) is 101 cm³/mol. The number of carbonyl (C=O) groups is 3. The van der Waals surface area contributed by atoms with Crippen LogP contribution in [-0.4, -0.2) is 49.6 Å². The smallest absolute Gasteiger partial charge is 0.339 e. The summed E-state index contributed by atoms with van der Waals surface area (Å²) in [5, 5.41) is 0. The fourth-order valence-electron chi connectivity index (χ4n) is 2.72.